The molecule has 0 atom stereocenters. The van der Waals surface area contributed by atoms with E-state index >= 15 is 0 Å². The molecule has 0 radical (unpaired) electrons. The Hall–Kier alpha value is -2.89. The van der Waals surface area contributed by atoms with Crippen LogP contribution in [0, 0.1) is 0 Å². The van der Waals surface area contributed by atoms with Gasteiger partial charge in [0.1, 0.15) is 5.82 Å². The summed E-state index contributed by atoms with van der Waals surface area (Å²) in [6.45, 7) is 4.93. The van der Waals surface area contributed by atoms with Gasteiger partial charge in [0.05, 0.1) is 6.61 Å². The lowest BCUT2D eigenvalue weighted by atomic mass is 9.99. The Morgan fingerprint density at radius 1 is 0.931 bits per heavy atom. The lowest BCUT2D eigenvalue weighted by Gasteiger charge is -2.34. The van der Waals surface area contributed by atoms with Crippen molar-refractivity contribution in [3.63, 3.8) is 0 Å². The van der Waals surface area contributed by atoms with Crippen LogP contribution in [0.3, 0.4) is 0 Å². The van der Waals surface area contributed by atoms with Crippen LogP contribution in [0.25, 0.3) is 22.3 Å². The second-order valence-corrected chi connectivity index (χ2v) is 7.63. The molecular weight excluding hydrogens is 360 g/mol. The van der Waals surface area contributed by atoms with Crippen molar-refractivity contribution >= 4 is 11.5 Å². The molecule has 0 bridgehead atoms. The van der Waals surface area contributed by atoms with Gasteiger partial charge in [0.15, 0.2) is 0 Å². The Balaban J connectivity index is 1.59. The first kappa shape index (κ1) is 19.4. The number of aromatic nitrogens is 1. The molecule has 0 amide bonds. The second kappa shape index (κ2) is 8.64. The number of hydrogen-bond donors (Lipinski definition) is 1. The molecule has 150 valence electrons. The fraction of sp³-hybridized carbons (Fsp3) is 0.292. The molecule has 2 aromatic carbocycles. The average molecular weight is 389 g/mol. The van der Waals surface area contributed by atoms with Gasteiger partial charge < -0.3 is 20.3 Å². The third-order valence-electron chi connectivity index (χ3n) is 5.54. The highest BCUT2D eigenvalue weighted by Crippen LogP contribution is 2.31. The minimum Gasteiger partial charge on any atom is -0.383 e. The van der Waals surface area contributed by atoms with Crippen molar-refractivity contribution in [1.82, 2.24) is 9.88 Å². The molecule has 5 heteroatoms. The van der Waals surface area contributed by atoms with Crippen LogP contribution in [0.15, 0.2) is 60.8 Å². The van der Waals surface area contributed by atoms with Crippen molar-refractivity contribution in [2.24, 2.45) is 0 Å². The van der Waals surface area contributed by atoms with Crippen LogP contribution < -0.4 is 10.6 Å². The zero-order valence-corrected chi connectivity index (χ0v) is 17.1. The summed E-state index contributed by atoms with van der Waals surface area (Å²) in [6.07, 6.45) is 1.85. The molecule has 29 heavy (non-hydrogen) atoms. The van der Waals surface area contributed by atoms with Crippen LogP contribution in [-0.4, -0.2) is 50.2 Å². The lowest BCUT2D eigenvalue weighted by molar-refractivity contribution is 0.185. The number of nitrogen functional groups attached to an aromatic ring is 1. The van der Waals surface area contributed by atoms with Gasteiger partial charge in [0.25, 0.3) is 0 Å². The molecule has 0 saturated carbocycles. The third kappa shape index (κ3) is 4.42. The first-order chi connectivity index (χ1) is 14.1. The molecule has 1 aliphatic heterocycles. The zero-order valence-electron chi connectivity index (χ0n) is 17.1. The highest BCUT2D eigenvalue weighted by atomic mass is 16.5. The van der Waals surface area contributed by atoms with Crippen molar-refractivity contribution in [2.75, 3.05) is 51.0 Å². The molecular formula is C24H28N4O. The van der Waals surface area contributed by atoms with E-state index in [9.17, 15) is 0 Å². The lowest BCUT2D eigenvalue weighted by Crippen LogP contribution is -2.44. The van der Waals surface area contributed by atoms with Gasteiger partial charge in [-0.3, -0.25) is 0 Å². The Morgan fingerprint density at radius 2 is 1.69 bits per heavy atom. The van der Waals surface area contributed by atoms with Gasteiger partial charge in [-0.25, -0.2) is 4.98 Å². The number of hydrogen-bond acceptors (Lipinski definition) is 5. The van der Waals surface area contributed by atoms with E-state index in [0.29, 0.717) is 12.4 Å². The second-order valence-electron chi connectivity index (χ2n) is 7.63. The summed E-state index contributed by atoms with van der Waals surface area (Å²) in [4.78, 5) is 9.27. The molecule has 2 heterocycles. The van der Waals surface area contributed by atoms with Crippen molar-refractivity contribution in [3.8, 4) is 22.3 Å². The standard InChI is InChI=1S/C24H28N4O/c1-27-10-12-28(13-11-27)22-8-6-19(7-9-22)21-15-23(24(25)26-16-21)20-5-3-4-18(14-20)17-29-2/h3-9,14-16H,10-13,17H2,1-2H3,(H2,25,26). The first-order valence-corrected chi connectivity index (χ1v) is 10.0. The van der Waals surface area contributed by atoms with E-state index in [1.807, 2.05) is 12.3 Å². The summed E-state index contributed by atoms with van der Waals surface area (Å²) >= 11 is 0. The van der Waals surface area contributed by atoms with Gasteiger partial charge in [-0.2, -0.15) is 0 Å². The van der Waals surface area contributed by atoms with Crippen LogP contribution >= 0.6 is 0 Å². The van der Waals surface area contributed by atoms with Crippen LogP contribution in [-0.2, 0) is 11.3 Å². The molecule has 0 unspecified atom stereocenters. The minimum absolute atomic E-state index is 0.539. The Labute approximate surface area is 172 Å². The first-order valence-electron chi connectivity index (χ1n) is 10.0. The number of methoxy groups -OCH3 is 1. The number of ether oxygens (including phenoxy) is 1. The summed E-state index contributed by atoms with van der Waals surface area (Å²) in [5.74, 6) is 0.539. The highest BCUT2D eigenvalue weighted by Gasteiger charge is 2.14. The molecule has 3 aromatic rings. The minimum atomic E-state index is 0.539. The number of nitrogens with two attached hydrogens (primary N) is 1. The van der Waals surface area contributed by atoms with Crippen molar-refractivity contribution in [2.45, 2.75) is 6.61 Å². The molecule has 0 aliphatic carbocycles. The van der Waals surface area contributed by atoms with E-state index in [-0.39, 0.29) is 0 Å². The summed E-state index contributed by atoms with van der Waals surface area (Å²) in [5, 5.41) is 0. The van der Waals surface area contributed by atoms with Crippen molar-refractivity contribution in [3.05, 3.63) is 66.4 Å². The van der Waals surface area contributed by atoms with Crippen LogP contribution in [0.5, 0.6) is 0 Å². The van der Waals surface area contributed by atoms with Crippen LogP contribution in [0.1, 0.15) is 5.56 Å². The maximum absolute atomic E-state index is 6.20. The van der Waals surface area contributed by atoms with Gasteiger partial charge >= 0.3 is 0 Å². The number of benzene rings is 2. The maximum atomic E-state index is 6.20. The zero-order chi connectivity index (χ0) is 20.2. The van der Waals surface area contributed by atoms with Crippen molar-refractivity contribution in [1.29, 1.82) is 0 Å². The largest absolute Gasteiger partial charge is 0.383 e. The monoisotopic (exact) mass is 388 g/mol. The Bertz CT molecular complexity index is 963. The third-order valence-corrected chi connectivity index (χ3v) is 5.54. The number of anilines is 2. The van der Waals surface area contributed by atoms with Gasteiger partial charge in [0, 0.05) is 56.3 Å². The number of pyridine rings is 1. The van der Waals surface area contributed by atoms with Gasteiger partial charge in [-0.05, 0) is 48.0 Å². The van der Waals surface area contributed by atoms with E-state index in [1.54, 1.807) is 7.11 Å². The molecule has 1 aliphatic rings. The van der Waals surface area contributed by atoms with E-state index in [1.165, 1.54) is 5.69 Å². The number of likely N-dealkylation sites (N-methyl/N-ethyl adjacent to an activating group) is 1. The summed E-state index contributed by atoms with van der Waals surface area (Å²) in [6, 6.07) is 19.1. The predicted molar refractivity (Wildman–Crippen MR) is 120 cm³/mol. The molecule has 5 nitrogen and oxygen atoms in total. The predicted octanol–water partition coefficient (Wildman–Crippen LogP) is 3.90. The SMILES string of the molecule is COCc1cccc(-c2cc(-c3ccc(N4CCN(C)CC4)cc3)cnc2N)c1. The summed E-state index contributed by atoms with van der Waals surface area (Å²) in [5.41, 5.74) is 12.8. The number of rotatable bonds is 5. The molecule has 1 aromatic heterocycles. The van der Waals surface area contributed by atoms with Gasteiger partial charge in [-0.1, -0.05) is 30.3 Å². The fourth-order valence-electron chi connectivity index (χ4n) is 3.79. The average Bonchev–Trinajstić information content (AvgIpc) is 2.75. The molecule has 4 rings (SSSR count). The smallest absolute Gasteiger partial charge is 0.131 e. The summed E-state index contributed by atoms with van der Waals surface area (Å²) < 4.78 is 5.26. The number of nitrogens with zero attached hydrogens (tertiary/aromatic N) is 3. The van der Waals surface area contributed by atoms with Crippen LogP contribution in [0.2, 0.25) is 0 Å². The fourth-order valence-corrected chi connectivity index (χ4v) is 3.79. The highest BCUT2D eigenvalue weighted by molar-refractivity contribution is 5.79. The maximum Gasteiger partial charge on any atom is 0.131 e. The van der Waals surface area contributed by atoms with Gasteiger partial charge in [-0.15, -0.1) is 0 Å². The molecule has 1 fully saturated rings. The summed E-state index contributed by atoms with van der Waals surface area (Å²) in [7, 11) is 3.88. The van der Waals surface area contributed by atoms with E-state index in [2.05, 4.69) is 70.4 Å². The van der Waals surface area contributed by atoms with E-state index in [4.69, 9.17) is 10.5 Å². The normalized spacial score (nSPS) is 14.9. The van der Waals surface area contributed by atoms with Crippen LogP contribution in [0.4, 0.5) is 11.5 Å². The Kier molecular flexibility index (Phi) is 5.79. The topological polar surface area (TPSA) is 54.6 Å². The quantitative estimate of drug-likeness (QED) is 0.718. The Morgan fingerprint density at radius 3 is 2.41 bits per heavy atom. The number of piperazine rings is 1. The van der Waals surface area contributed by atoms with Crippen molar-refractivity contribution < 1.29 is 4.74 Å². The van der Waals surface area contributed by atoms with E-state index in [0.717, 1.165) is 54.0 Å². The molecule has 0 spiro atoms. The molecule has 1 saturated heterocycles. The van der Waals surface area contributed by atoms with E-state index < -0.39 is 0 Å². The molecule has 2 N–H and O–H groups in total. The van der Waals surface area contributed by atoms with Gasteiger partial charge in [0.2, 0.25) is 0 Å².